The number of piperidine rings is 1. The summed E-state index contributed by atoms with van der Waals surface area (Å²) < 4.78 is 29.9. The number of para-hydroxylation sites is 1. The van der Waals surface area contributed by atoms with E-state index in [1.807, 2.05) is 4.90 Å². The number of hydrogen-bond acceptors (Lipinski definition) is 7. The number of benzene rings is 1. The second-order valence-electron chi connectivity index (χ2n) is 6.74. The molecule has 1 atom stereocenters. The van der Waals surface area contributed by atoms with E-state index < -0.39 is 6.61 Å². The Bertz CT molecular complexity index is 1000. The lowest BCUT2D eigenvalue weighted by molar-refractivity contribution is -0.120. The smallest absolute Gasteiger partial charge is 0.387 e. The normalized spacial score (nSPS) is 16.5. The Balaban J connectivity index is 1.43. The monoisotopic (exact) mass is 431 g/mol. The molecule has 10 heteroatoms. The van der Waals surface area contributed by atoms with Gasteiger partial charge >= 0.3 is 6.61 Å². The van der Waals surface area contributed by atoms with Gasteiger partial charge in [-0.05, 0) is 31.0 Å². The third kappa shape index (κ3) is 4.70. The van der Waals surface area contributed by atoms with Crippen molar-refractivity contribution in [1.82, 2.24) is 15.0 Å². The zero-order valence-corrected chi connectivity index (χ0v) is 16.7. The fourth-order valence-corrected chi connectivity index (χ4v) is 4.08. The Morgan fingerprint density at radius 2 is 2.03 bits per heavy atom. The summed E-state index contributed by atoms with van der Waals surface area (Å²) in [7, 11) is 0. The lowest BCUT2D eigenvalue weighted by atomic mass is 9.97. The Hall–Kier alpha value is -3.14. The van der Waals surface area contributed by atoms with Crippen molar-refractivity contribution in [2.45, 2.75) is 19.5 Å². The first-order valence-corrected chi connectivity index (χ1v) is 10.3. The first-order valence-electron chi connectivity index (χ1n) is 9.42. The summed E-state index contributed by atoms with van der Waals surface area (Å²) in [6, 6.07) is 8.19. The number of rotatable bonds is 6. The number of alkyl halides is 2. The Labute approximate surface area is 175 Å². The molecule has 1 aliphatic rings. The molecule has 0 bridgehead atoms. The SMILES string of the molecule is O=C(Nc1nc(-c2ccccc2OC(F)F)cs1)C1CCCN(c2ncccn2)C1. The summed E-state index contributed by atoms with van der Waals surface area (Å²) in [6.45, 7) is -1.60. The number of thiazole rings is 1. The Kier molecular flexibility index (Phi) is 6.12. The van der Waals surface area contributed by atoms with Crippen LogP contribution >= 0.6 is 11.3 Å². The van der Waals surface area contributed by atoms with Crippen LogP contribution in [0.3, 0.4) is 0 Å². The van der Waals surface area contributed by atoms with Crippen LogP contribution in [0.15, 0.2) is 48.1 Å². The lowest BCUT2D eigenvalue weighted by Crippen LogP contribution is -2.41. The van der Waals surface area contributed by atoms with E-state index in [4.69, 9.17) is 0 Å². The largest absolute Gasteiger partial charge is 0.434 e. The van der Waals surface area contributed by atoms with Gasteiger partial charge in [0.15, 0.2) is 5.13 Å². The van der Waals surface area contributed by atoms with Crippen LogP contribution in [0.5, 0.6) is 5.75 Å². The van der Waals surface area contributed by atoms with Crippen LogP contribution in [0.4, 0.5) is 19.9 Å². The van der Waals surface area contributed by atoms with E-state index in [1.54, 1.807) is 42.0 Å². The predicted octanol–water partition coefficient (Wildman–Crippen LogP) is 4.06. The van der Waals surface area contributed by atoms with Crippen LogP contribution in [0.25, 0.3) is 11.3 Å². The van der Waals surface area contributed by atoms with Crippen LogP contribution in [0.1, 0.15) is 12.8 Å². The zero-order chi connectivity index (χ0) is 20.9. The second kappa shape index (κ2) is 9.12. The summed E-state index contributed by atoms with van der Waals surface area (Å²) in [5.41, 5.74) is 0.911. The number of hydrogen-bond donors (Lipinski definition) is 1. The van der Waals surface area contributed by atoms with Crippen molar-refractivity contribution in [3.63, 3.8) is 0 Å². The van der Waals surface area contributed by atoms with Crippen LogP contribution in [0.2, 0.25) is 0 Å². The molecule has 4 rings (SSSR count). The van der Waals surface area contributed by atoms with Crippen molar-refractivity contribution in [3.05, 3.63) is 48.1 Å². The summed E-state index contributed by atoms with van der Waals surface area (Å²) >= 11 is 1.24. The number of nitrogens with one attached hydrogen (secondary N) is 1. The highest BCUT2D eigenvalue weighted by molar-refractivity contribution is 7.14. The molecule has 7 nitrogen and oxygen atoms in total. The molecule has 1 aromatic carbocycles. The van der Waals surface area contributed by atoms with Crippen molar-refractivity contribution < 1.29 is 18.3 Å². The fraction of sp³-hybridized carbons (Fsp3) is 0.300. The molecule has 3 heterocycles. The van der Waals surface area contributed by atoms with Crippen molar-refractivity contribution in [2.24, 2.45) is 5.92 Å². The van der Waals surface area contributed by atoms with E-state index in [1.165, 1.54) is 17.4 Å². The van der Waals surface area contributed by atoms with Crippen molar-refractivity contribution >= 4 is 28.3 Å². The fourth-order valence-electron chi connectivity index (χ4n) is 3.37. The zero-order valence-electron chi connectivity index (χ0n) is 15.9. The molecule has 0 spiro atoms. The van der Waals surface area contributed by atoms with Gasteiger partial charge in [0, 0.05) is 36.4 Å². The first kappa shape index (κ1) is 20.1. The number of amides is 1. The van der Waals surface area contributed by atoms with Crippen molar-refractivity contribution in [2.75, 3.05) is 23.3 Å². The highest BCUT2D eigenvalue weighted by atomic mass is 32.1. The van der Waals surface area contributed by atoms with Crippen LogP contribution < -0.4 is 15.0 Å². The van der Waals surface area contributed by atoms with Crippen LogP contribution in [-0.4, -0.2) is 40.6 Å². The molecule has 1 saturated heterocycles. The predicted molar refractivity (Wildman–Crippen MR) is 110 cm³/mol. The molecule has 1 unspecified atom stereocenters. The topological polar surface area (TPSA) is 80.2 Å². The van der Waals surface area contributed by atoms with Crippen molar-refractivity contribution in [1.29, 1.82) is 0 Å². The Morgan fingerprint density at radius 1 is 1.23 bits per heavy atom. The summed E-state index contributed by atoms with van der Waals surface area (Å²) in [5, 5.41) is 4.96. The van der Waals surface area contributed by atoms with E-state index in [0.29, 0.717) is 28.9 Å². The molecular weight excluding hydrogens is 412 g/mol. The van der Waals surface area contributed by atoms with Crippen LogP contribution in [0, 0.1) is 5.92 Å². The first-order chi connectivity index (χ1) is 14.6. The molecule has 0 saturated carbocycles. The summed E-state index contributed by atoms with van der Waals surface area (Å²) in [6.07, 6.45) is 4.98. The second-order valence-corrected chi connectivity index (χ2v) is 7.59. The molecule has 2 aromatic heterocycles. The average molecular weight is 431 g/mol. The minimum absolute atomic E-state index is 0.0430. The van der Waals surface area contributed by atoms with Gasteiger partial charge in [-0.2, -0.15) is 8.78 Å². The molecule has 1 fully saturated rings. The number of anilines is 2. The van der Waals surface area contributed by atoms with E-state index >= 15 is 0 Å². The number of aromatic nitrogens is 3. The number of carbonyl (C=O) groups is 1. The molecular formula is C20H19F2N5O2S. The molecule has 0 radical (unpaired) electrons. The summed E-state index contributed by atoms with van der Waals surface area (Å²) in [4.78, 5) is 27.7. The molecule has 1 amide bonds. The van der Waals surface area contributed by atoms with Gasteiger partial charge in [-0.3, -0.25) is 4.79 Å². The maximum Gasteiger partial charge on any atom is 0.387 e. The highest BCUT2D eigenvalue weighted by Gasteiger charge is 2.27. The number of nitrogens with zero attached hydrogens (tertiary/aromatic N) is 4. The van der Waals surface area contributed by atoms with Gasteiger partial charge in [-0.1, -0.05) is 12.1 Å². The number of halogens is 2. The third-order valence-corrected chi connectivity index (χ3v) is 5.50. The minimum Gasteiger partial charge on any atom is -0.434 e. The quantitative estimate of drug-likeness (QED) is 0.634. The van der Waals surface area contributed by atoms with Crippen molar-refractivity contribution in [3.8, 4) is 17.0 Å². The van der Waals surface area contributed by atoms with E-state index in [0.717, 1.165) is 19.4 Å². The van der Waals surface area contributed by atoms with Gasteiger partial charge in [0.2, 0.25) is 11.9 Å². The Morgan fingerprint density at radius 3 is 2.83 bits per heavy atom. The van der Waals surface area contributed by atoms with Crippen LogP contribution in [-0.2, 0) is 4.79 Å². The minimum atomic E-state index is -2.92. The molecule has 3 aromatic rings. The van der Waals surface area contributed by atoms with Gasteiger partial charge in [-0.25, -0.2) is 15.0 Å². The average Bonchev–Trinajstić information content (AvgIpc) is 3.22. The molecule has 0 aliphatic carbocycles. The third-order valence-electron chi connectivity index (χ3n) is 4.74. The molecule has 1 N–H and O–H groups in total. The van der Waals surface area contributed by atoms with Gasteiger partial charge in [0.1, 0.15) is 5.75 Å². The van der Waals surface area contributed by atoms with E-state index in [9.17, 15) is 13.6 Å². The number of carbonyl (C=O) groups excluding carboxylic acids is 1. The highest BCUT2D eigenvalue weighted by Crippen LogP contribution is 2.33. The van der Waals surface area contributed by atoms with E-state index in [-0.39, 0.29) is 17.6 Å². The molecule has 30 heavy (non-hydrogen) atoms. The molecule has 156 valence electrons. The van der Waals surface area contributed by atoms with Gasteiger partial charge in [0.25, 0.3) is 0 Å². The van der Waals surface area contributed by atoms with E-state index in [2.05, 4.69) is 25.0 Å². The van der Waals surface area contributed by atoms with Gasteiger partial charge in [-0.15, -0.1) is 11.3 Å². The lowest BCUT2D eigenvalue weighted by Gasteiger charge is -2.31. The molecule has 1 aliphatic heterocycles. The standard InChI is InChI=1S/C20H19F2N5O2S/c21-18(22)29-16-7-2-1-6-14(16)15-12-30-20(25-15)26-17(28)13-5-3-10-27(11-13)19-23-8-4-9-24-19/h1-2,4,6-9,12-13,18H,3,5,10-11H2,(H,25,26,28). The number of ether oxygens (including phenoxy) is 1. The van der Waals surface area contributed by atoms with Gasteiger partial charge in [0.05, 0.1) is 11.6 Å². The maximum absolute atomic E-state index is 12.8. The van der Waals surface area contributed by atoms with Gasteiger partial charge < -0.3 is 15.0 Å². The summed E-state index contributed by atoms with van der Waals surface area (Å²) in [5.74, 6) is 0.307. The maximum atomic E-state index is 12.8.